The highest BCUT2D eigenvalue weighted by molar-refractivity contribution is 5.95. The molecule has 2 amide bonds. The van der Waals surface area contributed by atoms with Crippen molar-refractivity contribution in [3.63, 3.8) is 0 Å². The molecule has 1 atom stereocenters. The quantitative estimate of drug-likeness (QED) is 0.625. The summed E-state index contributed by atoms with van der Waals surface area (Å²) in [5.41, 5.74) is 1.43. The van der Waals surface area contributed by atoms with Crippen molar-refractivity contribution in [2.24, 2.45) is 0 Å². The van der Waals surface area contributed by atoms with Gasteiger partial charge in [0.1, 0.15) is 0 Å². The van der Waals surface area contributed by atoms with Gasteiger partial charge in [0.25, 0.3) is 0 Å². The number of nitrogens with one attached hydrogen (secondary N) is 4. The smallest absolute Gasteiger partial charge is 0.242 e. The van der Waals surface area contributed by atoms with E-state index < -0.39 is 0 Å². The van der Waals surface area contributed by atoms with Crippen molar-refractivity contribution in [2.45, 2.75) is 13.0 Å². The molecule has 0 aliphatic carbocycles. The molecule has 0 radical (unpaired) electrons. The molecule has 0 bridgehead atoms. The highest BCUT2D eigenvalue weighted by Crippen LogP contribution is 2.13. The van der Waals surface area contributed by atoms with E-state index in [0.717, 1.165) is 13.1 Å². The van der Waals surface area contributed by atoms with Gasteiger partial charge in [-0.25, -0.2) is 0 Å². The summed E-state index contributed by atoms with van der Waals surface area (Å²) in [5.74, 6) is -0.172. The van der Waals surface area contributed by atoms with E-state index in [0.29, 0.717) is 17.9 Å². The maximum atomic E-state index is 11.9. The number of anilines is 2. The zero-order valence-corrected chi connectivity index (χ0v) is 10.8. The average molecular weight is 262 g/mol. The van der Waals surface area contributed by atoms with Crippen LogP contribution in [0.15, 0.2) is 24.3 Å². The molecule has 0 aromatic heterocycles. The Balaban J connectivity index is 1.91. The number of carbonyl (C=O) groups excluding carboxylic acids is 2. The Morgan fingerprint density at radius 1 is 1.11 bits per heavy atom. The van der Waals surface area contributed by atoms with Gasteiger partial charge in [-0.2, -0.15) is 0 Å². The topological polar surface area (TPSA) is 82.3 Å². The number of benzene rings is 1. The van der Waals surface area contributed by atoms with Gasteiger partial charge in [-0.3, -0.25) is 9.59 Å². The Kier molecular flexibility index (Phi) is 4.48. The van der Waals surface area contributed by atoms with E-state index >= 15 is 0 Å². The average Bonchev–Trinajstić information content (AvgIpc) is 2.41. The molecule has 1 unspecified atom stereocenters. The summed E-state index contributed by atoms with van der Waals surface area (Å²) in [6, 6.07) is 6.83. The molecule has 6 heteroatoms. The first-order valence-electron chi connectivity index (χ1n) is 6.28. The van der Waals surface area contributed by atoms with Crippen molar-refractivity contribution < 1.29 is 9.59 Å². The Morgan fingerprint density at radius 3 is 2.26 bits per heavy atom. The highest BCUT2D eigenvalue weighted by Gasteiger charge is 2.19. The molecular formula is C13H18N4O2. The van der Waals surface area contributed by atoms with Crippen LogP contribution in [0.5, 0.6) is 0 Å². The fourth-order valence-electron chi connectivity index (χ4n) is 1.91. The summed E-state index contributed by atoms with van der Waals surface area (Å²) < 4.78 is 0. The third-order valence-electron chi connectivity index (χ3n) is 2.83. The molecule has 0 spiro atoms. The molecule has 1 aliphatic heterocycles. The molecule has 1 saturated heterocycles. The summed E-state index contributed by atoms with van der Waals surface area (Å²) in [5, 5.41) is 11.8. The third kappa shape index (κ3) is 4.04. The van der Waals surface area contributed by atoms with E-state index in [1.165, 1.54) is 6.92 Å². The second-order valence-electron chi connectivity index (χ2n) is 4.46. The predicted octanol–water partition coefficient (Wildman–Crippen LogP) is 0.145. The van der Waals surface area contributed by atoms with Crippen molar-refractivity contribution >= 4 is 23.2 Å². The van der Waals surface area contributed by atoms with E-state index in [1.54, 1.807) is 24.3 Å². The molecule has 1 heterocycles. The van der Waals surface area contributed by atoms with Gasteiger partial charge in [0.15, 0.2) is 0 Å². The van der Waals surface area contributed by atoms with Crippen molar-refractivity contribution in [1.29, 1.82) is 0 Å². The summed E-state index contributed by atoms with van der Waals surface area (Å²) in [6.07, 6.45) is 0. The van der Waals surface area contributed by atoms with Crippen LogP contribution >= 0.6 is 0 Å². The zero-order valence-electron chi connectivity index (χ0n) is 10.8. The second-order valence-corrected chi connectivity index (χ2v) is 4.46. The van der Waals surface area contributed by atoms with Crippen LogP contribution in [-0.4, -0.2) is 37.5 Å². The molecule has 1 aliphatic rings. The lowest BCUT2D eigenvalue weighted by molar-refractivity contribution is -0.118. The molecule has 1 aromatic rings. The minimum absolute atomic E-state index is 0.0560. The molecule has 6 nitrogen and oxygen atoms in total. The fourth-order valence-corrected chi connectivity index (χ4v) is 1.91. The Bertz CT molecular complexity index is 452. The van der Waals surface area contributed by atoms with Crippen LogP contribution < -0.4 is 21.3 Å². The summed E-state index contributed by atoms with van der Waals surface area (Å²) in [4.78, 5) is 22.8. The lowest BCUT2D eigenvalue weighted by atomic mass is 10.2. The minimum Gasteiger partial charge on any atom is -0.326 e. The SMILES string of the molecule is CC(=O)Nc1ccc(NC(=O)C2CNCCN2)cc1. The van der Waals surface area contributed by atoms with E-state index in [-0.39, 0.29) is 17.9 Å². The largest absolute Gasteiger partial charge is 0.326 e. The summed E-state index contributed by atoms with van der Waals surface area (Å²) in [6.45, 7) is 3.77. The first kappa shape index (κ1) is 13.5. The Labute approximate surface area is 112 Å². The van der Waals surface area contributed by atoms with Crippen LogP contribution in [0.2, 0.25) is 0 Å². The van der Waals surface area contributed by atoms with Crippen molar-refractivity contribution in [1.82, 2.24) is 10.6 Å². The van der Waals surface area contributed by atoms with Crippen LogP contribution in [0.4, 0.5) is 11.4 Å². The van der Waals surface area contributed by atoms with Gasteiger partial charge in [-0.15, -0.1) is 0 Å². The number of carbonyl (C=O) groups is 2. The molecule has 1 aromatic carbocycles. The zero-order chi connectivity index (χ0) is 13.7. The van der Waals surface area contributed by atoms with Crippen molar-refractivity contribution in [3.05, 3.63) is 24.3 Å². The predicted molar refractivity (Wildman–Crippen MR) is 74.0 cm³/mol. The number of amides is 2. The van der Waals surface area contributed by atoms with E-state index in [2.05, 4.69) is 21.3 Å². The molecule has 4 N–H and O–H groups in total. The first-order chi connectivity index (χ1) is 9.15. The molecule has 102 valence electrons. The summed E-state index contributed by atoms with van der Waals surface area (Å²) >= 11 is 0. The highest BCUT2D eigenvalue weighted by atomic mass is 16.2. The monoisotopic (exact) mass is 262 g/mol. The van der Waals surface area contributed by atoms with Crippen LogP contribution in [0.3, 0.4) is 0 Å². The third-order valence-corrected chi connectivity index (χ3v) is 2.83. The maximum Gasteiger partial charge on any atom is 0.242 e. The van der Waals surface area contributed by atoms with Gasteiger partial charge in [-0.1, -0.05) is 0 Å². The van der Waals surface area contributed by atoms with Crippen LogP contribution in [0.25, 0.3) is 0 Å². The maximum absolute atomic E-state index is 11.9. The Hall–Kier alpha value is -1.92. The van der Waals surface area contributed by atoms with Gasteiger partial charge in [0.05, 0.1) is 6.04 Å². The normalized spacial score (nSPS) is 18.7. The molecule has 1 fully saturated rings. The Morgan fingerprint density at radius 2 is 1.74 bits per heavy atom. The number of hydrogen-bond acceptors (Lipinski definition) is 4. The van der Waals surface area contributed by atoms with E-state index in [4.69, 9.17) is 0 Å². The van der Waals surface area contributed by atoms with Gasteiger partial charge >= 0.3 is 0 Å². The van der Waals surface area contributed by atoms with Crippen LogP contribution in [0, 0.1) is 0 Å². The number of piperazine rings is 1. The molecule has 2 rings (SSSR count). The number of hydrogen-bond donors (Lipinski definition) is 4. The summed E-state index contributed by atoms with van der Waals surface area (Å²) in [7, 11) is 0. The lowest BCUT2D eigenvalue weighted by Crippen LogP contribution is -2.54. The second kappa shape index (κ2) is 6.31. The molecule has 19 heavy (non-hydrogen) atoms. The lowest BCUT2D eigenvalue weighted by Gasteiger charge is -2.23. The van der Waals surface area contributed by atoms with Crippen LogP contribution in [-0.2, 0) is 9.59 Å². The van der Waals surface area contributed by atoms with Gasteiger partial charge in [0.2, 0.25) is 11.8 Å². The molecule has 0 saturated carbocycles. The standard InChI is InChI=1S/C13H18N4O2/c1-9(18)16-10-2-4-11(5-3-10)17-13(19)12-8-14-6-7-15-12/h2-5,12,14-15H,6-8H2,1H3,(H,16,18)(H,17,19). The number of rotatable bonds is 3. The minimum atomic E-state index is -0.205. The van der Waals surface area contributed by atoms with Gasteiger partial charge in [0, 0.05) is 37.9 Å². The molecular weight excluding hydrogens is 244 g/mol. The van der Waals surface area contributed by atoms with Crippen molar-refractivity contribution in [2.75, 3.05) is 30.3 Å². The van der Waals surface area contributed by atoms with E-state index in [9.17, 15) is 9.59 Å². The van der Waals surface area contributed by atoms with Gasteiger partial charge in [-0.05, 0) is 24.3 Å². The fraction of sp³-hybridized carbons (Fsp3) is 0.385. The van der Waals surface area contributed by atoms with Crippen molar-refractivity contribution in [3.8, 4) is 0 Å². The van der Waals surface area contributed by atoms with Crippen LogP contribution in [0.1, 0.15) is 6.92 Å². The van der Waals surface area contributed by atoms with E-state index in [1.807, 2.05) is 0 Å². The van der Waals surface area contributed by atoms with Gasteiger partial charge < -0.3 is 21.3 Å². The first-order valence-corrected chi connectivity index (χ1v) is 6.28.